The average Bonchev–Trinajstić information content (AvgIpc) is 2.95. The Balaban J connectivity index is 2.14. The number of hydrogen-bond acceptors (Lipinski definition) is 7. The van der Waals surface area contributed by atoms with Crippen molar-refractivity contribution in [1.82, 2.24) is 4.31 Å². The second-order valence-corrected chi connectivity index (χ2v) is 9.99. The van der Waals surface area contributed by atoms with Crippen LogP contribution in [0.3, 0.4) is 0 Å². The van der Waals surface area contributed by atoms with Gasteiger partial charge in [0.25, 0.3) is 0 Å². The van der Waals surface area contributed by atoms with Crippen molar-refractivity contribution < 1.29 is 27.5 Å². The summed E-state index contributed by atoms with van der Waals surface area (Å²) in [6, 6.07) is 5.62. The highest BCUT2D eigenvalue weighted by Gasteiger charge is 2.26. The molecule has 2 aromatic rings. The Labute approximate surface area is 185 Å². The van der Waals surface area contributed by atoms with Gasteiger partial charge < -0.3 is 15.4 Å². The van der Waals surface area contributed by atoms with Gasteiger partial charge in [-0.05, 0) is 50.6 Å². The minimum absolute atomic E-state index is 0.0214. The van der Waals surface area contributed by atoms with Gasteiger partial charge in [-0.15, -0.1) is 11.3 Å². The van der Waals surface area contributed by atoms with Gasteiger partial charge in [0.15, 0.2) is 0 Å². The van der Waals surface area contributed by atoms with E-state index in [9.17, 15) is 22.8 Å². The van der Waals surface area contributed by atoms with Crippen molar-refractivity contribution in [3.05, 3.63) is 40.3 Å². The molecule has 1 aromatic carbocycles. The first-order valence-corrected chi connectivity index (χ1v) is 11.6. The van der Waals surface area contributed by atoms with Gasteiger partial charge in [0.1, 0.15) is 5.00 Å². The van der Waals surface area contributed by atoms with Gasteiger partial charge in [0.2, 0.25) is 21.8 Å². The van der Waals surface area contributed by atoms with E-state index in [2.05, 4.69) is 10.6 Å². The number of esters is 1. The number of amides is 2. The lowest BCUT2D eigenvalue weighted by molar-refractivity contribution is -0.116. The third kappa shape index (κ3) is 5.90. The molecule has 2 N–H and O–H groups in total. The zero-order chi connectivity index (χ0) is 23.3. The van der Waals surface area contributed by atoms with Crippen molar-refractivity contribution in [2.24, 2.45) is 0 Å². The topological polar surface area (TPSA) is 122 Å². The molecule has 31 heavy (non-hydrogen) atoms. The van der Waals surface area contributed by atoms with Gasteiger partial charge in [-0.1, -0.05) is 0 Å². The van der Waals surface area contributed by atoms with Crippen LogP contribution in [0.25, 0.3) is 0 Å². The fraction of sp³-hybridized carbons (Fsp3) is 0.350. The summed E-state index contributed by atoms with van der Waals surface area (Å²) in [6.45, 7) is 6.36. The molecule has 168 valence electrons. The number of ether oxygens (including phenoxy) is 1. The maximum atomic E-state index is 12.8. The number of nitrogens with one attached hydrogen (secondary N) is 2. The number of nitrogens with zero attached hydrogens (tertiary/aromatic N) is 1. The zero-order valence-corrected chi connectivity index (χ0v) is 19.6. The van der Waals surface area contributed by atoms with Crippen molar-refractivity contribution in [3.63, 3.8) is 0 Å². The fourth-order valence-electron chi connectivity index (χ4n) is 2.71. The molecular weight excluding hydrogens is 442 g/mol. The van der Waals surface area contributed by atoms with Gasteiger partial charge in [-0.25, -0.2) is 13.2 Å². The van der Waals surface area contributed by atoms with Gasteiger partial charge in [0.05, 0.1) is 23.6 Å². The second kappa shape index (κ2) is 10.0. The summed E-state index contributed by atoms with van der Waals surface area (Å²) in [7, 11) is -2.65. The maximum absolute atomic E-state index is 12.8. The normalized spacial score (nSPS) is 11.3. The highest BCUT2D eigenvalue weighted by Crippen LogP contribution is 2.33. The molecule has 11 heteroatoms. The Hall–Kier alpha value is -2.76. The number of hydrogen-bond donors (Lipinski definition) is 2. The molecule has 0 spiro atoms. The van der Waals surface area contributed by atoms with Crippen molar-refractivity contribution in [2.45, 2.75) is 32.6 Å². The number of rotatable bonds is 8. The predicted octanol–water partition coefficient (Wildman–Crippen LogP) is 2.76. The van der Waals surface area contributed by atoms with Gasteiger partial charge in [0, 0.05) is 24.5 Å². The quantitative estimate of drug-likeness (QED) is 0.576. The molecule has 2 rings (SSSR count). The van der Waals surface area contributed by atoms with Crippen LogP contribution in [0, 0.1) is 13.8 Å². The molecule has 0 bridgehead atoms. The largest absolute Gasteiger partial charge is 0.462 e. The number of sulfonamides is 1. The van der Waals surface area contributed by atoms with Crippen LogP contribution < -0.4 is 10.6 Å². The number of aryl methyl sites for hydroxylation is 1. The lowest BCUT2D eigenvalue weighted by Gasteiger charge is -2.17. The molecule has 1 heterocycles. The highest BCUT2D eigenvalue weighted by molar-refractivity contribution is 7.89. The van der Waals surface area contributed by atoms with Gasteiger partial charge in [-0.2, -0.15) is 4.31 Å². The predicted molar refractivity (Wildman–Crippen MR) is 119 cm³/mol. The van der Waals surface area contributed by atoms with Crippen molar-refractivity contribution >= 4 is 49.8 Å². The number of anilines is 2. The lowest BCUT2D eigenvalue weighted by atomic mass is 10.1. The summed E-state index contributed by atoms with van der Waals surface area (Å²) >= 11 is 1.23. The number of carbonyl (C=O) groups excluding carboxylic acids is 3. The van der Waals surface area contributed by atoms with E-state index < -0.39 is 28.4 Å². The number of carbonyl (C=O) groups is 3. The Morgan fingerprint density at radius 1 is 1.10 bits per heavy atom. The highest BCUT2D eigenvalue weighted by atomic mass is 32.2. The van der Waals surface area contributed by atoms with Crippen LogP contribution in [-0.2, 0) is 24.3 Å². The Morgan fingerprint density at radius 3 is 2.26 bits per heavy atom. The smallest absolute Gasteiger partial charge is 0.341 e. The minimum Gasteiger partial charge on any atom is -0.462 e. The Bertz CT molecular complexity index is 1090. The first-order chi connectivity index (χ1) is 14.5. The molecule has 0 atom stereocenters. The molecule has 0 aliphatic carbocycles. The summed E-state index contributed by atoms with van der Waals surface area (Å²) in [4.78, 5) is 36.7. The number of thiophene rings is 1. The third-order valence-corrected chi connectivity index (χ3v) is 7.31. The van der Waals surface area contributed by atoms with Gasteiger partial charge in [-0.3, -0.25) is 9.59 Å². The van der Waals surface area contributed by atoms with Crippen molar-refractivity contribution in [3.8, 4) is 0 Å². The molecule has 0 saturated heterocycles. The van der Waals surface area contributed by atoms with E-state index in [0.717, 1.165) is 9.18 Å². The standard InChI is InChI=1S/C20H25N3O6S2/c1-6-29-20(26)18-12(2)13(3)30-19(18)22-17(25)11-23(5)31(27,28)16-9-7-15(8-10-16)21-14(4)24/h7-10H,6,11H2,1-5H3,(H,21,24)(H,22,25). The molecule has 0 fully saturated rings. The van der Waals surface area contributed by atoms with Crippen LogP contribution in [0.15, 0.2) is 29.2 Å². The van der Waals surface area contributed by atoms with E-state index in [-0.39, 0.29) is 23.0 Å². The van der Waals surface area contributed by atoms with E-state index in [4.69, 9.17) is 4.74 Å². The average molecular weight is 468 g/mol. The monoisotopic (exact) mass is 467 g/mol. The van der Waals surface area contributed by atoms with E-state index >= 15 is 0 Å². The molecule has 9 nitrogen and oxygen atoms in total. The first-order valence-electron chi connectivity index (χ1n) is 9.38. The van der Waals surface area contributed by atoms with Crippen LogP contribution in [-0.4, -0.2) is 50.7 Å². The van der Waals surface area contributed by atoms with Crippen LogP contribution >= 0.6 is 11.3 Å². The molecule has 0 unspecified atom stereocenters. The minimum atomic E-state index is -3.94. The SMILES string of the molecule is CCOC(=O)c1c(NC(=O)CN(C)S(=O)(=O)c2ccc(NC(C)=O)cc2)sc(C)c1C. The molecule has 0 saturated carbocycles. The number of benzene rings is 1. The maximum Gasteiger partial charge on any atom is 0.341 e. The van der Waals surface area contributed by atoms with Crippen LogP contribution in [0.5, 0.6) is 0 Å². The van der Waals surface area contributed by atoms with Crippen LogP contribution in [0.1, 0.15) is 34.6 Å². The summed E-state index contributed by atoms with van der Waals surface area (Å²) in [5, 5.41) is 5.50. The van der Waals surface area contributed by atoms with E-state index in [1.807, 2.05) is 6.92 Å². The lowest BCUT2D eigenvalue weighted by Crippen LogP contribution is -2.35. The molecule has 0 aliphatic rings. The van der Waals surface area contributed by atoms with E-state index in [0.29, 0.717) is 16.3 Å². The molecule has 0 aliphatic heterocycles. The summed E-state index contributed by atoms with van der Waals surface area (Å²) < 4.78 is 31.5. The van der Waals surface area contributed by atoms with Crippen LogP contribution in [0.2, 0.25) is 0 Å². The van der Waals surface area contributed by atoms with E-state index in [1.165, 1.54) is 49.6 Å². The van der Waals surface area contributed by atoms with Gasteiger partial charge >= 0.3 is 5.97 Å². The summed E-state index contributed by atoms with van der Waals surface area (Å²) in [6.07, 6.45) is 0. The first kappa shape index (κ1) is 24.5. The molecule has 0 radical (unpaired) electrons. The summed E-state index contributed by atoms with van der Waals surface area (Å²) in [5.74, 6) is -1.40. The third-order valence-electron chi connectivity index (χ3n) is 4.37. The fourth-order valence-corrected chi connectivity index (χ4v) is 4.90. The second-order valence-electron chi connectivity index (χ2n) is 6.72. The molecule has 1 aromatic heterocycles. The Morgan fingerprint density at radius 2 is 1.71 bits per heavy atom. The summed E-state index contributed by atoms with van der Waals surface area (Å²) in [5.41, 5.74) is 1.44. The number of likely N-dealkylation sites (N-methyl/N-ethyl adjacent to an activating group) is 1. The Kier molecular flexibility index (Phi) is 7.93. The van der Waals surface area contributed by atoms with Crippen molar-refractivity contribution in [1.29, 1.82) is 0 Å². The zero-order valence-electron chi connectivity index (χ0n) is 17.9. The van der Waals surface area contributed by atoms with Crippen LogP contribution in [0.4, 0.5) is 10.7 Å². The molecular formula is C20H25N3O6S2. The van der Waals surface area contributed by atoms with Crippen molar-refractivity contribution in [2.75, 3.05) is 30.8 Å². The van der Waals surface area contributed by atoms with E-state index in [1.54, 1.807) is 13.8 Å². The molecule has 2 amide bonds.